The lowest BCUT2D eigenvalue weighted by Crippen LogP contribution is -2.44. The number of aliphatic hydroxyl groups is 1. The first-order chi connectivity index (χ1) is 8.72. The van der Waals surface area contributed by atoms with Crippen LogP contribution in [0.3, 0.4) is 0 Å². The summed E-state index contributed by atoms with van der Waals surface area (Å²) in [6.45, 7) is 0.106. The fraction of sp³-hybridized carbons (Fsp3) is 0.700. The lowest BCUT2D eigenvalue weighted by molar-refractivity contribution is -0.144. The van der Waals surface area contributed by atoms with E-state index in [-0.39, 0.29) is 13.1 Å². The summed E-state index contributed by atoms with van der Waals surface area (Å²) in [5.41, 5.74) is 0. The summed E-state index contributed by atoms with van der Waals surface area (Å²) < 4.78 is 0. The van der Waals surface area contributed by atoms with E-state index in [9.17, 15) is 19.5 Å². The average molecular weight is 278 g/mol. The first-order valence-corrected chi connectivity index (χ1v) is 5.52. The Balaban J connectivity index is 4.43. The molecule has 0 spiro atoms. The standard InChI is InChI=1S/C10H18N2O7/c1-7(13)12(6-10(18)19)3-2-11(4-8(14)15)5-9(16)17/h7,13H,2-6H2,1H3,(H,14,15)(H,16,17)(H,18,19). The van der Waals surface area contributed by atoms with Crippen molar-refractivity contribution in [3.63, 3.8) is 0 Å². The molecule has 9 heteroatoms. The van der Waals surface area contributed by atoms with E-state index in [0.29, 0.717) is 0 Å². The van der Waals surface area contributed by atoms with E-state index >= 15 is 0 Å². The SMILES string of the molecule is CC(O)N(CCN(CC(=O)O)CC(=O)O)CC(=O)O. The zero-order valence-electron chi connectivity index (χ0n) is 10.5. The van der Waals surface area contributed by atoms with Crippen LogP contribution in [0.5, 0.6) is 0 Å². The number of carboxylic acids is 3. The molecule has 110 valence electrons. The van der Waals surface area contributed by atoms with E-state index in [1.165, 1.54) is 11.8 Å². The third-order valence-electron chi connectivity index (χ3n) is 2.29. The molecule has 1 atom stereocenters. The molecule has 0 radical (unpaired) electrons. The second-order valence-corrected chi connectivity index (χ2v) is 3.99. The van der Waals surface area contributed by atoms with Crippen molar-refractivity contribution in [2.24, 2.45) is 0 Å². The molecule has 0 amide bonds. The van der Waals surface area contributed by atoms with Crippen LogP contribution in [0.25, 0.3) is 0 Å². The monoisotopic (exact) mass is 278 g/mol. The number of carboxylic acid groups (broad SMARTS) is 3. The summed E-state index contributed by atoms with van der Waals surface area (Å²) in [6, 6.07) is 0. The Morgan fingerprint density at radius 2 is 1.32 bits per heavy atom. The molecule has 0 aliphatic heterocycles. The van der Waals surface area contributed by atoms with Crippen molar-refractivity contribution >= 4 is 17.9 Å². The molecule has 0 saturated carbocycles. The second-order valence-electron chi connectivity index (χ2n) is 3.99. The maximum absolute atomic E-state index is 10.6. The maximum Gasteiger partial charge on any atom is 0.317 e. The topological polar surface area (TPSA) is 139 Å². The normalized spacial score (nSPS) is 12.6. The highest BCUT2D eigenvalue weighted by molar-refractivity contribution is 5.72. The summed E-state index contributed by atoms with van der Waals surface area (Å²) in [5.74, 6) is -3.49. The Bertz CT molecular complexity index is 316. The summed E-state index contributed by atoms with van der Waals surface area (Å²) in [5, 5.41) is 35.2. The lowest BCUT2D eigenvalue weighted by atomic mass is 10.3. The minimum Gasteiger partial charge on any atom is -0.480 e. The fourth-order valence-electron chi connectivity index (χ4n) is 1.44. The Labute approximate surface area is 109 Å². The summed E-state index contributed by atoms with van der Waals surface area (Å²) in [6.07, 6.45) is -1.02. The predicted octanol–water partition coefficient (Wildman–Crippen LogP) is -1.82. The van der Waals surface area contributed by atoms with Crippen molar-refractivity contribution in [1.29, 1.82) is 0 Å². The largest absolute Gasteiger partial charge is 0.480 e. The van der Waals surface area contributed by atoms with E-state index in [2.05, 4.69) is 0 Å². The molecule has 0 aromatic rings. The van der Waals surface area contributed by atoms with Gasteiger partial charge in [-0.1, -0.05) is 0 Å². The van der Waals surface area contributed by atoms with Gasteiger partial charge in [0.1, 0.15) is 6.23 Å². The third-order valence-corrected chi connectivity index (χ3v) is 2.29. The van der Waals surface area contributed by atoms with Crippen LogP contribution in [-0.2, 0) is 14.4 Å². The van der Waals surface area contributed by atoms with Gasteiger partial charge in [0.15, 0.2) is 0 Å². The van der Waals surface area contributed by atoms with Crippen molar-refractivity contribution in [1.82, 2.24) is 9.80 Å². The molecule has 9 nitrogen and oxygen atoms in total. The van der Waals surface area contributed by atoms with Crippen LogP contribution < -0.4 is 0 Å². The summed E-state index contributed by atoms with van der Waals surface area (Å²) in [4.78, 5) is 34.0. The smallest absolute Gasteiger partial charge is 0.317 e. The number of hydrogen-bond acceptors (Lipinski definition) is 6. The molecule has 0 aliphatic rings. The van der Waals surface area contributed by atoms with Crippen molar-refractivity contribution in [2.75, 3.05) is 32.7 Å². The number of aliphatic carboxylic acids is 3. The molecule has 0 heterocycles. The quantitative estimate of drug-likeness (QED) is 0.340. The lowest BCUT2D eigenvalue weighted by Gasteiger charge is -2.26. The van der Waals surface area contributed by atoms with Crippen LogP contribution in [0.15, 0.2) is 0 Å². The highest BCUT2D eigenvalue weighted by Crippen LogP contribution is 1.97. The molecule has 0 saturated heterocycles. The fourth-order valence-corrected chi connectivity index (χ4v) is 1.44. The minimum absolute atomic E-state index is 0.0246. The van der Waals surface area contributed by atoms with Crippen molar-refractivity contribution in [3.05, 3.63) is 0 Å². The molecular formula is C10H18N2O7. The van der Waals surface area contributed by atoms with E-state index in [4.69, 9.17) is 15.3 Å². The van der Waals surface area contributed by atoms with Crippen LogP contribution in [0, 0.1) is 0 Å². The third kappa shape index (κ3) is 8.94. The zero-order chi connectivity index (χ0) is 15.0. The van der Waals surface area contributed by atoms with Gasteiger partial charge in [-0.2, -0.15) is 0 Å². The minimum atomic E-state index is -1.18. The van der Waals surface area contributed by atoms with Gasteiger partial charge in [-0.25, -0.2) is 0 Å². The molecular weight excluding hydrogens is 260 g/mol. The molecule has 0 aromatic heterocycles. The molecule has 1 unspecified atom stereocenters. The Kier molecular flexibility index (Phi) is 7.65. The van der Waals surface area contributed by atoms with Gasteiger partial charge in [0.05, 0.1) is 19.6 Å². The van der Waals surface area contributed by atoms with Gasteiger partial charge in [-0.3, -0.25) is 24.2 Å². The zero-order valence-corrected chi connectivity index (χ0v) is 10.5. The summed E-state index contributed by atoms with van der Waals surface area (Å²) >= 11 is 0. The number of hydrogen-bond donors (Lipinski definition) is 4. The first-order valence-electron chi connectivity index (χ1n) is 5.52. The summed E-state index contributed by atoms with van der Waals surface area (Å²) in [7, 11) is 0. The number of carbonyl (C=O) groups is 3. The molecule has 4 N–H and O–H groups in total. The van der Waals surface area contributed by atoms with Gasteiger partial charge in [0, 0.05) is 13.1 Å². The highest BCUT2D eigenvalue weighted by Gasteiger charge is 2.18. The van der Waals surface area contributed by atoms with Crippen molar-refractivity contribution < 1.29 is 34.8 Å². The average Bonchev–Trinajstić information content (AvgIpc) is 2.21. The maximum atomic E-state index is 10.6. The van der Waals surface area contributed by atoms with Crippen LogP contribution in [0.1, 0.15) is 6.92 Å². The van der Waals surface area contributed by atoms with Crippen molar-refractivity contribution in [2.45, 2.75) is 13.2 Å². The molecule has 0 fully saturated rings. The van der Waals surface area contributed by atoms with Crippen molar-refractivity contribution in [3.8, 4) is 0 Å². The predicted molar refractivity (Wildman–Crippen MR) is 62.6 cm³/mol. The van der Waals surface area contributed by atoms with E-state index < -0.39 is 43.8 Å². The molecule has 0 aromatic carbocycles. The van der Waals surface area contributed by atoms with E-state index in [1.807, 2.05) is 0 Å². The molecule has 19 heavy (non-hydrogen) atoms. The second kappa shape index (κ2) is 8.40. The number of nitrogens with zero attached hydrogens (tertiary/aromatic N) is 2. The van der Waals surface area contributed by atoms with Crippen LogP contribution >= 0.6 is 0 Å². The molecule has 0 aliphatic carbocycles. The molecule has 0 rings (SSSR count). The highest BCUT2D eigenvalue weighted by atomic mass is 16.4. The van der Waals surface area contributed by atoms with Crippen LogP contribution in [-0.4, -0.2) is 87.1 Å². The van der Waals surface area contributed by atoms with Gasteiger partial charge in [-0.05, 0) is 6.92 Å². The van der Waals surface area contributed by atoms with Gasteiger partial charge >= 0.3 is 17.9 Å². The Morgan fingerprint density at radius 3 is 1.63 bits per heavy atom. The Morgan fingerprint density at radius 1 is 0.895 bits per heavy atom. The van der Waals surface area contributed by atoms with Crippen LogP contribution in [0.2, 0.25) is 0 Å². The van der Waals surface area contributed by atoms with E-state index in [1.54, 1.807) is 0 Å². The first kappa shape index (κ1) is 17.3. The van der Waals surface area contributed by atoms with Gasteiger partial charge < -0.3 is 20.4 Å². The van der Waals surface area contributed by atoms with Gasteiger partial charge in [0.25, 0.3) is 0 Å². The van der Waals surface area contributed by atoms with Gasteiger partial charge in [0.2, 0.25) is 0 Å². The van der Waals surface area contributed by atoms with Gasteiger partial charge in [-0.15, -0.1) is 0 Å². The van der Waals surface area contributed by atoms with Crippen LogP contribution in [0.4, 0.5) is 0 Å². The number of rotatable bonds is 10. The van der Waals surface area contributed by atoms with E-state index in [0.717, 1.165) is 4.90 Å². The Hall–Kier alpha value is -1.71. The number of aliphatic hydroxyl groups excluding tert-OH is 1. The molecule has 0 bridgehead atoms.